The van der Waals surface area contributed by atoms with Gasteiger partial charge in [0.25, 0.3) is 0 Å². The highest BCUT2D eigenvalue weighted by Crippen LogP contribution is 2.59. The Hall–Kier alpha value is -1.66. The Balaban J connectivity index is 1.04. The summed E-state index contributed by atoms with van der Waals surface area (Å²) in [5.74, 6) is 2.94. The average molecular weight is 479 g/mol. The maximum Gasteiger partial charge on any atom is 0.321 e. The quantitative estimate of drug-likeness (QED) is 0.532. The molecule has 1 heterocycles. The Morgan fingerprint density at radius 2 is 1.72 bits per heavy atom. The molecular formula is C24H32Cl2N4O2. The van der Waals surface area contributed by atoms with E-state index in [1.807, 2.05) is 0 Å². The van der Waals surface area contributed by atoms with Gasteiger partial charge in [-0.2, -0.15) is 0 Å². The molecule has 5 fully saturated rings. The minimum atomic E-state index is -0.178. The van der Waals surface area contributed by atoms with Crippen LogP contribution in [0.1, 0.15) is 44.9 Å². The topological polar surface area (TPSA) is 73.5 Å². The molecular weight excluding hydrogens is 447 g/mol. The highest BCUT2D eigenvalue weighted by molar-refractivity contribution is 6.36. The summed E-state index contributed by atoms with van der Waals surface area (Å²) in [4.78, 5) is 26.8. The van der Waals surface area contributed by atoms with Crippen molar-refractivity contribution < 1.29 is 9.59 Å². The van der Waals surface area contributed by atoms with Crippen LogP contribution < -0.4 is 16.0 Å². The SMILES string of the molecule is O=C(NCC1CCN(C(=O)Nc2ccc(Cl)cc2Cl)C1)NCC12CC3CC(CC(C3)C1)C2. The summed E-state index contributed by atoms with van der Waals surface area (Å²) in [6.45, 7) is 2.67. The molecule has 4 bridgehead atoms. The summed E-state index contributed by atoms with van der Waals surface area (Å²) in [5.41, 5.74) is 0.892. The fourth-order valence-corrected chi connectivity index (χ4v) is 7.50. The molecule has 0 aromatic heterocycles. The highest BCUT2D eigenvalue weighted by Gasteiger charge is 2.50. The molecule has 4 aliphatic carbocycles. The Bertz CT molecular complexity index is 857. The zero-order valence-electron chi connectivity index (χ0n) is 18.3. The molecule has 4 saturated carbocycles. The molecule has 6 nitrogen and oxygen atoms in total. The van der Waals surface area contributed by atoms with Gasteiger partial charge in [-0.05, 0) is 92.2 Å². The normalized spacial score (nSPS) is 32.8. The van der Waals surface area contributed by atoms with Gasteiger partial charge in [0.05, 0.1) is 10.7 Å². The van der Waals surface area contributed by atoms with E-state index in [9.17, 15) is 9.59 Å². The third-order valence-corrected chi connectivity index (χ3v) is 8.63. The molecule has 0 radical (unpaired) electrons. The molecule has 6 rings (SSSR count). The minimum absolute atomic E-state index is 0.0726. The summed E-state index contributed by atoms with van der Waals surface area (Å²) in [6, 6.07) is 4.75. The summed E-state index contributed by atoms with van der Waals surface area (Å²) >= 11 is 12.1. The maximum atomic E-state index is 12.6. The minimum Gasteiger partial charge on any atom is -0.338 e. The number of rotatable bonds is 5. The molecule has 0 spiro atoms. The van der Waals surface area contributed by atoms with E-state index in [1.165, 1.54) is 38.5 Å². The Morgan fingerprint density at radius 3 is 2.38 bits per heavy atom. The second-order valence-corrected chi connectivity index (χ2v) is 11.5. The molecule has 174 valence electrons. The number of nitrogens with one attached hydrogen (secondary N) is 3. The standard InChI is InChI=1S/C24H32Cl2N4O2/c25-19-1-2-21(20(26)8-19)29-23(32)30-4-3-15(13-30)12-27-22(31)28-14-24-9-16-5-17(10-24)7-18(6-16)11-24/h1-2,8,15-18H,3-7,9-14H2,(H,29,32)(H2,27,28,31). The van der Waals surface area contributed by atoms with E-state index in [4.69, 9.17) is 23.2 Å². The summed E-state index contributed by atoms with van der Waals surface area (Å²) in [7, 11) is 0. The fraction of sp³-hybridized carbons (Fsp3) is 0.667. The number of anilines is 1. The van der Waals surface area contributed by atoms with Crippen LogP contribution in [-0.2, 0) is 0 Å². The summed E-state index contributed by atoms with van der Waals surface area (Å²) in [6.07, 6.45) is 9.01. The lowest BCUT2D eigenvalue weighted by molar-refractivity contribution is -0.0498. The number of benzene rings is 1. The van der Waals surface area contributed by atoms with Crippen molar-refractivity contribution in [2.24, 2.45) is 29.1 Å². The molecule has 1 saturated heterocycles. The zero-order chi connectivity index (χ0) is 22.3. The van der Waals surface area contributed by atoms with Crippen LogP contribution in [0.3, 0.4) is 0 Å². The second kappa shape index (κ2) is 8.94. The smallest absolute Gasteiger partial charge is 0.321 e. The molecule has 5 aliphatic rings. The van der Waals surface area contributed by atoms with Gasteiger partial charge in [0.1, 0.15) is 0 Å². The zero-order valence-corrected chi connectivity index (χ0v) is 19.9. The van der Waals surface area contributed by atoms with Gasteiger partial charge in [0.15, 0.2) is 0 Å². The highest BCUT2D eigenvalue weighted by atomic mass is 35.5. The van der Waals surface area contributed by atoms with Crippen LogP contribution in [-0.4, -0.2) is 43.1 Å². The molecule has 8 heteroatoms. The van der Waals surface area contributed by atoms with E-state index in [0.29, 0.717) is 40.8 Å². The van der Waals surface area contributed by atoms with E-state index >= 15 is 0 Å². The van der Waals surface area contributed by atoms with E-state index in [2.05, 4.69) is 16.0 Å². The molecule has 3 N–H and O–H groups in total. The molecule has 1 aromatic rings. The Labute approximate surface area is 199 Å². The van der Waals surface area contributed by atoms with Gasteiger partial charge < -0.3 is 20.9 Å². The molecule has 1 aliphatic heterocycles. The first-order chi connectivity index (χ1) is 15.4. The van der Waals surface area contributed by atoms with Crippen molar-refractivity contribution in [3.8, 4) is 0 Å². The number of amides is 4. The first-order valence-corrected chi connectivity index (χ1v) is 12.7. The van der Waals surface area contributed by atoms with Gasteiger partial charge in [-0.3, -0.25) is 0 Å². The number of urea groups is 2. The van der Waals surface area contributed by atoms with E-state index in [0.717, 1.165) is 30.7 Å². The largest absolute Gasteiger partial charge is 0.338 e. The predicted molar refractivity (Wildman–Crippen MR) is 127 cm³/mol. The monoisotopic (exact) mass is 478 g/mol. The molecule has 32 heavy (non-hydrogen) atoms. The van der Waals surface area contributed by atoms with Gasteiger partial charge in [0.2, 0.25) is 0 Å². The van der Waals surface area contributed by atoms with Crippen molar-refractivity contribution in [3.05, 3.63) is 28.2 Å². The number of halogens is 2. The fourth-order valence-electron chi connectivity index (χ4n) is 7.04. The predicted octanol–water partition coefficient (Wildman–Crippen LogP) is 5.36. The lowest BCUT2D eigenvalue weighted by Gasteiger charge is -2.56. The summed E-state index contributed by atoms with van der Waals surface area (Å²) < 4.78 is 0. The molecule has 1 atom stereocenters. The average Bonchev–Trinajstić information content (AvgIpc) is 3.21. The van der Waals surface area contributed by atoms with Crippen molar-refractivity contribution in [3.63, 3.8) is 0 Å². The second-order valence-electron chi connectivity index (χ2n) is 10.6. The Morgan fingerprint density at radius 1 is 1.03 bits per heavy atom. The van der Waals surface area contributed by atoms with Crippen LogP contribution in [0.15, 0.2) is 18.2 Å². The van der Waals surface area contributed by atoms with Gasteiger partial charge in [-0.25, -0.2) is 9.59 Å². The van der Waals surface area contributed by atoms with Crippen LogP contribution in [0, 0.1) is 29.1 Å². The van der Waals surface area contributed by atoms with Crippen molar-refractivity contribution in [1.82, 2.24) is 15.5 Å². The van der Waals surface area contributed by atoms with E-state index < -0.39 is 0 Å². The van der Waals surface area contributed by atoms with Gasteiger partial charge in [0, 0.05) is 31.2 Å². The molecule has 1 unspecified atom stereocenters. The van der Waals surface area contributed by atoms with Crippen molar-refractivity contribution >= 4 is 41.0 Å². The van der Waals surface area contributed by atoms with Crippen LogP contribution in [0.25, 0.3) is 0 Å². The molecule has 1 aromatic carbocycles. The van der Waals surface area contributed by atoms with Crippen LogP contribution in [0.4, 0.5) is 15.3 Å². The maximum absolute atomic E-state index is 12.6. The Kier molecular flexibility index (Phi) is 6.19. The lowest BCUT2D eigenvalue weighted by atomic mass is 9.49. The first kappa shape index (κ1) is 22.1. The van der Waals surface area contributed by atoms with E-state index in [1.54, 1.807) is 23.1 Å². The number of hydrogen-bond donors (Lipinski definition) is 3. The third kappa shape index (κ3) is 4.81. The van der Waals surface area contributed by atoms with Crippen LogP contribution >= 0.6 is 23.2 Å². The van der Waals surface area contributed by atoms with Gasteiger partial charge >= 0.3 is 12.1 Å². The number of likely N-dealkylation sites (tertiary alicyclic amines) is 1. The van der Waals surface area contributed by atoms with Crippen molar-refractivity contribution in [2.75, 3.05) is 31.5 Å². The number of carbonyl (C=O) groups excluding carboxylic acids is 2. The van der Waals surface area contributed by atoms with Crippen LogP contribution in [0.2, 0.25) is 10.0 Å². The molecule has 4 amide bonds. The van der Waals surface area contributed by atoms with Crippen molar-refractivity contribution in [2.45, 2.75) is 44.9 Å². The van der Waals surface area contributed by atoms with Crippen LogP contribution in [0.5, 0.6) is 0 Å². The number of hydrogen-bond acceptors (Lipinski definition) is 2. The van der Waals surface area contributed by atoms with E-state index in [-0.39, 0.29) is 18.0 Å². The first-order valence-electron chi connectivity index (χ1n) is 11.9. The number of nitrogens with zero attached hydrogens (tertiary/aromatic N) is 1. The van der Waals surface area contributed by atoms with Crippen molar-refractivity contribution in [1.29, 1.82) is 0 Å². The van der Waals surface area contributed by atoms with Gasteiger partial charge in [-0.1, -0.05) is 23.2 Å². The van der Waals surface area contributed by atoms with Gasteiger partial charge in [-0.15, -0.1) is 0 Å². The number of carbonyl (C=O) groups is 2. The summed E-state index contributed by atoms with van der Waals surface area (Å²) in [5, 5.41) is 10.0. The lowest BCUT2D eigenvalue weighted by Crippen LogP contribution is -2.52. The third-order valence-electron chi connectivity index (χ3n) is 8.09.